The summed E-state index contributed by atoms with van der Waals surface area (Å²) >= 11 is 0. The number of fused-ring (bicyclic) bond motifs is 1. The van der Waals surface area contributed by atoms with E-state index in [1.54, 1.807) is 40.5 Å². The number of hydrogen-bond donors (Lipinski definition) is 3. The average molecular weight is 453 g/mol. The molecule has 33 heavy (non-hydrogen) atoms. The molecular formula is C23H28N6O4. The van der Waals surface area contributed by atoms with Crippen molar-refractivity contribution in [1.82, 2.24) is 19.2 Å². The van der Waals surface area contributed by atoms with Gasteiger partial charge in [-0.1, -0.05) is 0 Å². The number of anilines is 3. The lowest BCUT2D eigenvalue weighted by Crippen LogP contribution is -2.32. The SMILES string of the molecule is CNc1cc(Nc2cccn(CCOC3CC3)c2=O)nc2c(C(=O)C[C@H]3CC[C@@H]3O)cnn12. The second-order valence-electron chi connectivity index (χ2n) is 8.72. The summed E-state index contributed by atoms with van der Waals surface area (Å²) in [5.74, 6) is 0.941. The maximum Gasteiger partial charge on any atom is 0.274 e. The molecule has 0 amide bonds. The first-order chi connectivity index (χ1) is 16.0. The third-order valence-corrected chi connectivity index (χ3v) is 6.35. The summed E-state index contributed by atoms with van der Waals surface area (Å²) in [6.07, 6.45) is 7.23. The molecule has 0 saturated heterocycles. The molecule has 2 aliphatic carbocycles. The minimum atomic E-state index is -0.413. The van der Waals surface area contributed by atoms with Crippen molar-refractivity contribution < 1.29 is 14.6 Å². The van der Waals surface area contributed by atoms with E-state index in [4.69, 9.17) is 4.74 Å². The van der Waals surface area contributed by atoms with E-state index in [9.17, 15) is 14.7 Å². The molecule has 2 fully saturated rings. The zero-order valence-electron chi connectivity index (χ0n) is 18.5. The van der Waals surface area contributed by atoms with Gasteiger partial charge in [0.25, 0.3) is 5.56 Å². The number of ether oxygens (including phenoxy) is 1. The van der Waals surface area contributed by atoms with Crippen molar-refractivity contribution in [3.63, 3.8) is 0 Å². The number of Topliss-reactive ketones (excluding diaryl/α,β-unsaturated/α-hetero) is 1. The summed E-state index contributed by atoms with van der Waals surface area (Å²) in [6, 6.07) is 5.24. The molecule has 3 aromatic rings. The van der Waals surface area contributed by atoms with Crippen molar-refractivity contribution in [2.24, 2.45) is 5.92 Å². The van der Waals surface area contributed by atoms with Gasteiger partial charge >= 0.3 is 0 Å². The molecule has 10 heteroatoms. The van der Waals surface area contributed by atoms with Crippen LogP contribution in [0.5, 0.6) is 0 Å². The molecule has 3 heterocycles. The Bertz CT molecular complexity index is 1230. The molecule has 0 aliphatic heterocycles. The van der Waals surface area contributed by atoms with Gasteiger partial charge in [0, 0.05) is 32.3 Å². The summed E-state index contributed by atoms with van der Waals surface area (Å²) in [5, 5.41) is 20.3. The van der Waals surface area contributed by atoms with E-state index >= 15 is 0 Å². The average Bonchev–Trinajstić information content (AvgIpc) is 3.54. The van der Waals surface area contributed by atoms with Crippen molar-refractivity contribution in [2.75, 3.05) is 24.3 Å². The van der Waals surface area contributed by atoms with Crippen LogP contribution in [0.3, 0.4) is 0 Å². The minimum Gasteiger partial charge on any atom is -0.393 e. The molecule has 2 atom stereocenters. The van der Waals surface area contributed by atoms with Crippen LogP contribution in [0.1, 0.15) is 42.5 Å². The zero-order valence-corrected chi connectivity index (χ0v) is 18.5. The quantitative estimate of drug-likeness (QED) is 0.400. The Morgan fingerprint density at radius 2 is 2.15 bits per heavy atom. The van der Waals surface area contributed by atoms with Crippen LogP contribution in [0.15, 0.2) is 35.4 Å². The Labute approximate surface area is 190 Å². The smallest absolute Gasteiger partial charge is 0.274 e. The molecule has 0 spiro atoms. The largest absolute Gasteiger partial charge is 0.393 e. The second kappa shape index (κ2) is 8.95. The number of aliphatic hydroxyl groups is 1. The van der Waals surface area contributed by atoms with Gasteiger partial charge in [0.15, 0.2) is 11.4 Å². The van der Waals surface area contributed by atoms with Gasteiger partial charge in [-0.25, -0.2) is 4.98 Å². The van der Waals surface area contributed by atoms with Gasteiger partial charge in [0.1, 0.15) is 17.3 Å². The second-order valence-corrected chi connectivity index (χ2v) is 8.72. The third-order valence-electron chi connectivity index (χ3n) is 6.35. The molecule has 5 rings (SSSR count). The summed E-state index contributed by atoms with van der Waals surface area (Å²) in [6.45, 7) is 0.979. The molecule has 0 radical (unpaired) electrons. The maximum absolute atomic E-state index is 12.9. The van der Waals surface area contributed by atoms with Crippen molar-refractivity contribution >= 4 is 28.8 Å². The number of aliphatic hydroxyl groups excluding tert-OH is 1. The molecule has 3 aromatic heterocycles. The number of ketones is 1. The standard InChI is InChI=1S/C23H28N6O4/c1-24-21-12-20(26-17-3-2-8-28(23(17)32)9-10-33-15-5-6-15)27-22-16(13-25-29(21)22)19(31)11-14-4-7-18(14)30/h2-3,8,12-15,18,24,30H,4-7,9-11H2,1H3,(H,26,27)/t14-,18+/m1/s1. The monoisotopic (exact) mass is 452 g/mol. The van der Waals surface area contributed by atoms with E-state index in [0.29, 0.717) is 47.8 Å². The van der Waals surface area contributed by atoms with Gasteiger partial charge in [-0.05, 0) is 43.7 Å². The maximum atomic E-state index is 12.9. The predicted molar refractivity (Wildman–Crippen MR) is 123 cm³/mol. The fourth-order valence-electron chi connectivity index (χ4n) is 4.04. The Hall–Kier alpha value is -3.24. The number of carbonyl (C=O) groups is 1. The number of aromatic nitrogens is 4. The van der Waals surface area contributed by atoms with Crippen LogP contribution in [0.25, 0.3) is 5.65 Å². The highest BCUT2D eigenvalue weighted by Gasteiger charge is 2.32. The lowest BCUT2D eigenvalue weighted by atomic mass is 9.78. The van der Waals surface area contributed by atoms with Crippen molar-refractivity contribution in [3.8, 4) is 0 Å². The highest BCUT2D eigenvalue weighted by atomic mass is 16.5. The van der Waals surface area contributed by atoms with Crippen molar-refractivity contribution in [3.05, 3.63) is 46.5 Å². The topological polar surface area (TPSA) is 123 Å². The lowest BCUT2D eigenvalue weighted by Gasteiger charge is -2.31. The van der Waals surface area contributed by atoms with Crippen LogP contribution in [0.4, 0.5) is 17.3 Å². The molecule has 0 unspecified atom stereocenters. The van der Waals surface area contributed by atoms with Gasteiger partial charge in [0.05, 0.1) is 30.6 Å². The summed E-state index contributed by atoms with van der Waals surface area (Å²) < 4.78 is 8.84. The van der Waals surface area contributed by atoms with E-state index in [1.165, 1.54) is 6.20 Å². The summed E-state index contributed by atoms with van der Waals surface area (Å²) in [7, 11) is 1.75. The molecule has 10 nitrogen and oxygen atoms in total. The predicted octanol–water partition coefficient (Wildman–Crippen LogP) is 2.20. The number of nitrogens with zero attached hydrogens (tertiary/aromatic N) is 4. The van der Waals surface area contributed by atoms with E-state index in [1.807, 2.05) is 0 Å². The van der Waals surface area contributed by atoms with Gasteiger partial charge in [-0.2, -0.15) is 9.61 Å². The van der Waals surface area contributed by atoms with E-state index in [0.717, 1.165) is 25.7 Å². The van der Waals surface area contributed by atoms with Crippen LogP contribution in [-0.4, -0.2) is 55.9 Å². The first-order valence-electron chi connectivity index (χ1n) is 11.4. The molecular weight excluding hydrogens is 424 g/mol. The van der Waals surface area contributed by atoms with Crippen LogP contribution in [0, 0.1) is 5.92 Å². The third kappa shape index (κ3) is 4.49. The van der Waals surface area contributed by atoms with Crippen LogP contribution in [0.2, 0.25) is 0 Å². The number of carbonyl (C=O) groups excluding carboxylic acids is 1. The van der Waals surface area contributed by atoms with Gasteiger partial charge in [0.2, 0.25) is 0 Å². The summed E-state index contributed by atoms with van der Waals surface area (Å²) in [5.41, 5.74) is 1.01. The van der Waals surface area contributed by atoms with Crippen LogP contribution >= 0.6 is 0 Å². The van der Waals surface area contributed by atoms with Crippen LogP contribution in [-0.2, 0) is 11.3 Å². The van der Waals surface area contributed by atoms with Crippen molar-refractivity contribution in [1.29, 1.82) is 0 Å². The van der Waals surface area contributed by atoms with Gasteiger partial charge in [-0.15, -0.1) is 0 Å². The molecule has 0 aromatic carbocycles. The minimum absolute atomic E-state index is 0.00999. The van der Waals surface area contributed by atoms with Gasteiger partial charge < -0.3 is 25.0 Å². The van der Waals surface area contributed by atoms with Crippen LogP contribution < -0.4 is 16.2 Å². The summed E-state index contributed by atoms with van der Waals surface area (Å²) in [4.78, 5) is 30.4. The fraction of sp³-hybridized carbons (Fsp3) is 0.478. The zero-order chi connectivity index (χ0) is 22.9. The lowest BCUT2D eigenvalue weighted by molar-refractivity contribution is 0.0199. The molecule has 174 valence electrons. The highest BCUT2D eigenvalue weighted by molar-refractivity contribution is 6.01. The first kappa shape index (κ1) is 21.6. The highest BCUT2D eigenvalue weighted by Crippen LogP contribution is 2.32. The molecule has 3 N–H and O–H groups in total. The Kier molecular flexibility index (Phi) is 5.86. The Morgan fingerprint density at radius 1 is 1.30 bits per heavy atom. The molecule has 0 bridgehead atoms. The number of nitrogens with one attached hydrogen (secondary N) is 2. The number of pyridine rings is 1. The van der Waals surface area contributed by atoms with Crippen molar-refractivity contribution in [2.45, 2.75) is 50.9 Å². The van der Waals surface area contributed by atoms with E-state index < -0.39 is 6.10 Å². The Morgan fingerprint density at radius 3 is 2.85 bits per heavy atom. The number of rotatable bonds is 10. The normalized spacial score (nSPS) is 19.9. The first-order valence-corrected chi connectivity index (χ1v) is 11.4. The Balaban J connectivity index is 1.40. The van der Waals surface area contributed by atoms with E-state index in [-0.39, 0.29) is 23.7 Å². The molecule has 2 saturated carbocycles. The van der Waals surface area contributed by atoms with E-state index in [2.05, 4.69) is 20.7 Å². The fourth-order valence-corrected chi connectivity index (χ4v) is 4.04. The van der Waals surface area contributed by atoms with Gasteiger partial charge in [-0.3, -0.25) is 9.59 Å². The molecule has 2 aliphatic rings. The number of hydrogen-bond acceptors (Lipinski definition) is 8.